The van der Waals surface area contributed by atoms with Crippen LogP contribution in [-0.4, -0.2) is 18.4 Å². The van der Waals surface area contributed by atoms with Crippen molar-refractivity contribution in [3.63, 3.8) is 0 Å². The molecule has 0 saturated heterocycles. The van der Waals surface area contributed by atoms with Crippen molar-refractivity contribution in [3.8, 4) is 0 Å². The smallest absolute Gasteiger partial charge is 0.155 e. The number of halogens is 1. The molecule has 118 valence electrons. The molecule has 1 aliphatic carbocycles. The van der Waals surface area contributed by atoms with Gasteiger partial charge in [-0.1, -0.05) is 29.8 Å². The first-order chi connectivity index (χ1) is 11.1. The Hall–Kier alpha value is -1.84. The minimum Gasteiger partial charge on any atom is -0.339 e. The second-order valence-electron chi connectivity index (χ2n) is 6.46. The summed E-state index contributed by atoms with van der Waals surface area (Å²) in [6.07, 6.45) is 2.86. The van der Waals surface area contributed by atoms with Gasteiger partial charge < -0.3 is 10.6 Å². The molecule has 1 aliphatic heterocycles. The summed E-state index contributed by atoms with van der Waals surface area (Å²) in [5, 5.41) is 0.687. The number of ketones is 1. The lowest BCUT2D eigenvalue weighted by Crippen LogP contribution is -2.39. The zero-order chi connectivity index (χ0) is 16.0. The number of rotatable bonds is 2. The minimum atomic E-state index is -0.478. The molecule has 4 rings (SSSR count). The highest BCUT2D eigenvalue weighted by Gasteiger charge is 2.32. The van der Waals surface area contributed by atoms with Gasteiger partial charge in [-0.25, -0.2) is 0 Å². The van der Waals surface area contributed by atoms with Crippen molar-refractivity contribution in [1.29, 1.82) is 0 Å². The van der Waals surface area contributed by atoms with Crippen LogP contribution < -0.4 is 10.6 Å². The van der Waals surface area contributed by atoms with Crippen LogP contribution in [-0.2, 0) is 11.2 Å². The fraction of sp³-hybridized carbons (Fsp3) is 0.316. The highest BCUT2D eigenvalue weighted by atomic mass is 35.5. The Labute approximate surface area is 141 Å². The van der Waals surface area contributed by atoms with Crippen LogP contribution in [0, 0.1) is 0 Å². The van der Waals surface area contributed by atoms with Gasteiger partial charge in [0.25, 0.3) is 0 Å². The van der Waals surface area contributed by atoms with Crippen molar-refractivity contribution in [2.24, 2.45) is 5.73 Å². The lowest BCUT2D eigenvalue weighted by atomic mass is 9.96. The van der Waals surface area contributed by atoms with Crippen molar-refractivity contribution in [2.45, 2.75) is 31.2 Å². The van der Waals surface area contributed by atoms with Crippen LogP contribution in [0.2, 0.25) is 5.02 Å². The van der Waals surface area contributed by atoms with Gasteiger partial charge in [0.15, 0.2) is 5.78 Å². The summed E-state index contributed by atoms with van der Waals surface area (Å²) in [5.41, 5.74) is 10.7. The molecule has 0 unspecified atom stereocenters. The van der Waals surface area contributed by atoms with Gasteiger partial charge in [-0.2, -0.15) is 0 Å². The topological polar surface area (TPSA) is 46.3 Å². The largest absolute Gasteiger partial charge is 0.339 e. The Kier molecular flexibility index (Phi) is 3.63. The zero-order valence-corrected chi connectivity index (χ0v) is 13.6. The second kappa shape index (κ2) is 5.66. The number of hydrogen-bond acceptors (Lipinski definition) is 3. The molecule has 0 spiro atoms. The number of anilines is 2. The van der Waals surface area contributed by atoms with Gasteiger partial charge in [0, 0.05) is 29.4 Å². The van der Waals surface area contributed by atoms with E-state index >= 15 is 0 Å². The number of nitrogens with zero attached hydrogens (tertiary/aromatic N) is 1. The molecule has 2 aromatic carbocycles. The lowest BCUT2D eigenvalue weighted by molar-refractivity contribution is -0.119. The average molecular weight is 327 g/mol. The number of carbonyl (C=O) groups is 1. The molecule has 23 heavy (non-hydrogen) atoms. The number of benzene rings is 2. The highest BCUT2D eigenvalue weighted by molar-refractivity contribution is 6.30. The van der Waals surface area contributed by atoms with Crippen LogP contribution >= 0.6 is 11.6 Å². The van der Waals surface area contributed by atoms with Crippen LogP contribution in [0.5, 0.6) is 0 Å². The van der Waals surface area contributed by atoms with Crippen LogP contribution in [0.3, 0.4) is 0 Å². The molecule has 1 fully saturated rings. The van der Waals surface area contributed by atoms with Gasteiger partial charge in [-0.15, -0.1) is 0 Å². The van der Waals surface area contributed by atoms with E-state index in [1.807, 2.05) is 24.3 Å². The standard InChI is InChI=1S/C19H19ClN2O/c20-13-3-1-4-14(9-13)22-11-17(21)19(23)10-16-15(12-7-8-12)5-2-6-18(16)22/h1-6,9,12,17H,7-8,10-11,21H2/t17-/m0/s1. The second-order valence-corrected chi connectivity index (χ2v) is 6.90. The third-order valence-corrected chi connectivity index (χ3v) is 4.99. The normalized spacial score (nSPS) is 21.0. The van der Waals surface area contributed by atoms with E-state index in [1.165, 1.54) is 18.4 Å². The Balaban J connectivity index is 1.87. The monoisotopic (exact) mass is 326 g/mol. The summed E-state index contributed by atoms with van der Waals surface area (Å²) in [4.78, 5) is 14.6. The summed E-state index contributed by atoms with van der Waals surface area (Å²) in [6, 6.07) is 13.6. The molecule has 2 aromatic rings. The number of carbonyl (C=O) groups excluding carboxylic acids is 1. The molecular weight excluding hydrogens is 308 g/mol. The Morgan fingerprint density at radius 2 is 1.91 bits per heavy atom. The Morgan fingerprint density at radius 1 is 1.13 bits per heavy atom. The lowest BCUT2D eigenvalue weighted by Gasteiger charge is -2.27. The molecule has 0 amide bonds. The number of hydrogen-bond donors (Lipinski definition) is 1. The van der Waals surface area contributed by atoms with Crippen molar-refractivity contribution >= 4 is 28.8 Å². The van der Waals surface area contributed by atoms with Gasteiger partial charge in [0.1, 0.15) is 0 Å². The van der Waals surface area contributed by atoms with E-state index < -0.39 is 6.04 Å². The van der Waals surface area contributed by atoms with E-state index in [4.69, 9.17) is 17.3 Å². The van der Waals surface area contributed by atoms with Gasteiger partial charge in [-0.3, -0.25) is 4.79 Å². The van der Waals surface area contributed by atoms with Crippen LogP contribution in [0.4, 0.5) is 11.4 Å². The SMILES string of the molecule is N[C@H]1CN(c2cccc(Cl)c2)c2cccc(C3CC3)c2CC1=O. The molecule has 3 nitrogen and oxygen atoms in total. The average Bonchev–Trinajstić information content (AvgIpc) is 3.37. The zero-order valence-electron chi connectivity index (χ0n) is 12.8. The van der Waals surface area contributed by atoms with E-state index in [-0.39, 0.29) is 5.78 Å². The molecule has 4 heteroatoms. The van der Waals surface area contributed by atoms with E-state index in [9.17, 15) is 4.79 Å². The Bertz CT molecular complexity index is 770. The summed E-state index contributed by atoms with van der Waals surface area (Å²) < 4.78 is 0. The highest BCUT2D eigenvalue weighted by Crippen LogP contribution is 2.45. The van der Waals surface area contributed by atoms with Gasteiger partial charge >= 0.3 is 0 Å². The molecule has 2 aliphatic rings. The Morgan fingerprint density at radius 3 is 2.65 bits per heavy atom. The third kappa shape index (κ3) is 2.75. The summed E-state index contributed by atoms with van der Waals surface area (Å²) in [5.74, 6) is 0.720. The number of fused-ring (bicyclic) bond motifs is 1. The van der Waals surface area contributed by atoms with Crippen LogP contribution in [0.15, 0.2) is 42.5 Å². The van der Waals surface area contributed by atoms with Gasteiger partial charge in [0.2, 0.25) is 0 Å². The molecular formula is C19H19ClN2O. The number of nitrogens with two attached hydrogens (primary N) is 1. The van der Waals surface area contributed by atoms with Crippen LogP contribution in [0.25, 0.3) is 0 Å². The van der Waals surface area contributed by atoms with Gasteiger partial charge in [0.05, 0.1) is 6.04 Å². The van der Waals surface area contributed by atoms with Gasteiger partial charge in [-0.05, 0) is 54.2 Å². The molecule has 1 atom stereocenters. The quantitative estimate of drug-likeness (QED) is 0.913. The van der Waals surface area contributed by atoms with E-state index in [0.29, 0.717) is 23.9 Å². The first-order valence-electron chi connectivity index (χ1n) is 8.06. The number of Topliss-reactive ketones (excluding diaryl/α,β-unsaturated/α-hetero) is 1. The summed E-state index contributed by atoms with van der Waals surface area (Å²) >= 11 is 6.16. The molecule has 1 heterocycles. The fourth-order valence-corrected chi connectivity index (χ4v) is 3.59. The van der Waals surface area contributed by atoms with E-state index in [0.717, 1.165) is 16.9 Å². The molecule has 0 aromatic heterocycles. The van der Waals surface area contributed by atoms with Crippen molar-refractivity contribution in [2.75, 3.05) is 11.4 Å². The third-order valence-electron chi connectivity index (χ3n) is 4.76. The first-order valence-corrected chi connectivity index (χ1v) is 8.44. The van der Waals surface area contributed by atoms with Crippen LogP contribution in [0.1, 0.15) is 29.9 Å². The molecule has 0 radical (unpaired) electrons. The van der Waals surface area contributed by atoms with E-state index in [1.54, 1.807) is 0 Å². The van der Waals surface area contributed by atoms with Crippen molar-refractivity contribution < 1.29 is 4.79 Å². The first kappa shape index (κ1) is 14.7. The van der Waals surface area contributed by atoms with E-state index in [2.05, 4.69) is 23.1 Å². The van der Waals surface area contributed by atoms with Crippen molar-refractivity contribution in [3.05, 3.63) is 58.6 Å². The minimum absolute atomic E-state index is 0.115. The molecule has 0 bridgehead atoms. The molecule has 1 saturated carbocycles. The maximum absolute atomic E-state index is 12.4. The predicted molar refractivity (Wildman–Crippen MR) is 93.6 cm³/mol. The predicted octanol–water partition coefficient (Wildman–Crippen LogP) is 3.81. The fourth-order valence-electron chi connectivity index (χ4n) is 3.41. The van der Waals surface area contributed by atoms with Crippen molar-refractivity contribution in [1.82, 2.24) is 0 Å². The molecule has 2 N–H and O–H groups in total. The maximum Gasteiger partial charge on any atom is 0.155 e. The summed E-state index contributed by atoms with van der Waals surface area (Å²) in [7, 11) is 0. The maximum atomic E-state index is 12.4. The summed E-state index contributed by atoms with van der Waals surface area (Å²) in [6.45, 7) is 0.486.